The van der Waals surface area contributed by atoms with Crippen LogP contribution in [0.15, 0.2) is 10.5 Å². The topological polar surface area (TPSA) is 38.3 Å². The van der Waals surface area contributed by atoms with Gasteiger partial charge >= 0.3 is 0 Å². The highest BCUT2D eigenvalue weighted by Crippen LogP contribution is 2.41. The van der Waals surface area contributed by atoms with Gasteiger partial charge in [-0.25, -0.2) is 0 Å². The molecule has 1 heterocycles. The van der Waals surface area contributed by atoms with Crippen molar-refractivity contribution in [2.24, 2.45) is 5.92 Å². The molecule has 1 aliphatic heterocycles. The Morgan fingerprint density at radius 1 is 1.62 bits per heavy atom. The molecule has 1 N–H and O–H groups in total. The van der Waals surface area contributed by atoms with Crippen LogP contribution in [-0.2, 0) is 4.79 Å². The SMILES string of the molecule is Cc1c(Br)cc(Cl)c2c1NC(=O)C(C)CO2. The van der Waals surface area contributed by atoms with Crippen molar-refractivity contribution in [3.63, 3.8) is 0 Å². The molecule has 16 heavy (non-hydrogen) atoms. The maximum atomic E-state index is 11.7. The summed E-state index contributed by atoms with van der Waals surface area (Å²) in [6.45, 7) is 4.07. The number of anilines is 1. The summed E-state index contributed by atoms with van der Waals surface area (Å²) in [7, 11) is 0. The van der Waals surface area contributed by atoms with Gasteiger partial charge in [-0.3, -0.25) is 4.79 Å². The molecule has 2 rings (SSSR count). The number of carbonyl (C=O) groups excluding carboxylic acids is 1. The van der Waals surface area contributed by atoms with Crippen LogP contribution in [0.4, 0.5) is 5.69 Å². The number of carbonyl (C=O) groups is 1. The summed E-state index contributed by atoms with van der Waals surface area (Å²) in [5.41, 5.74) is 1.58. The molecule has 0 aliphatic carbocycles. The molecule has 0 saturated heterocycles. The number of amides is 1. The molecule has 0 bridgehead atoms. The average molecular weight is 305 g/mol. The smallest absolute Gasteiger partial charge is 0.230 e. The first-order valence-electron chi connectivity index (χ1n) is 4.93. The van der Waals surface area contributed by atoms with Crippen LogP contribution in [0.3, 0.4) is 0 Å². The van der Waals surface area contributed by atoms with E-state index in [9.17, 15) is 4.79 Å². The molecule has 1 unspecified atom stereocenters. The van der Waals surface area contributed by atoms with Crippen LogP contribution in [-0.4, -0.2) is 12.5 Å². The average Bonchev–Trinajstić information content (AvgIpc) is 2.37. The van der Waals surface area contributed by atoms with Crippen LogP contribution in [0, 0.1) is 12.8 Å². The maximum Gasteiger partial charge on any atom is 0.230 e. The third kappa shape index (κ3) is 1.92. The summed E-state index contributed by atoms with van der Waals surface area (Å²) in [6.07, 6.45) is 0. The van der Waals surface area contributed by atoms with Crippen LogP contribution in [0.1, 0.15) is 12.5 Å². The van der Waals surface area contributed by atoms with Gasteiger partial charge in [-0.1, -0.05) is 34.5 Å². The summed E-state index contributed by atoms with van der Waals surface area (Å²) in [5, 5.41) is 3.35. The van der Waals surface area contributed by atoms with E-state index in [1.54, 1.807) is 6.07 Å². The van der Waals surface area contributed by atoms with Gasteiger partial charge in [-0.2, -0.15) is 0 Å². The van der Waals surface area contributed by atoms with Gasteiger partial charge in [-0.15, -0.1) is 0 Å². The minimum Gasteiger partial charge on any atom is -0.489 e. The van der Waals surface area contributed by atoms with Gasteiger partial charge in [-0.05, 0) is 18.6 Å². The molecule has 3 nitrogen and oxygen atoms in total. The molecule has 0 radical (unpaired) electrons. The molecule has 1 amide bonds. The second kappa shape index (κ2) is 4.26. The highest BCUT2D eigenvalue weighted by Gasteiger charge is 2.24. The number of nitrogens with one attached hydrogen (secondary N) is 1. The van der Waals surface area contributed by atoms with Crippen molar-refractivity contribution in [2.75, 3.05) is 11.9 Å². The molecule has 1 aromatic carbocycles. The Morgan fingerprint density at radius 2 is 2.31 bits per heavy atom. The molecular formula is C11H11BrClNO2. The third-order valence-electron chi connectivity index (χ3n) is 2.60. The van der Waals surface area contributed by atoms with E-state index in [-0.39, 0.29) is 11.8 Å². The van der Waals surface area contributed by atoms with Crippen LogP contribution < -0.4 is 10.1 Å². The lowest BCUT2D eigenvalue weighted by molar-refractivity contribution is -0.119. The predicted molar refractivity (Wildman–Crippen MR) is 67.2 cm³/mol. The van der Waals surface area contributed by atoms with E-state index < -0.39 is 0 Å². The van der Waals surface area contributed by atoms with Crippen molar-refractivity contribution in [2.45, 2.75) is 13.8 Å². The Hall–Kier alpha value is -0.740. The first-order valence-corrected chi connectivity index (χ1v) is 6.10. The van der Waals surface area contributed by atoms with Crippen molar-refractivity contribution in [1.82, 2.24) is 0 Å². The number of ether oxygens (including phenoxy) is 1. The quantitative estimate of drug-likeness (QED) is 0.798. The lowest BCUT2D eigenvalue weighted by atomic mass is 10.1. The molecule has 0 fully saturated rings. The third-order valence-corrected chi connectivity index (χ3v) is 3.71. The van der Waals surface area contributed by atoms with Crippen molar-refractivity contribution in [3.05, 3.63) is 21.1 Å². The second-order valence-corrected chi connectivity index (χ2v) is 5.13. The molecule has 1 atom stereocenters. The largest absolute Gasteiger partial charge is 0.489 e. The standard InChI is InChI=1S/C11H11BrClNO2/c1-5-4-16-10-8(13)3-7(12)6(2)9(10)14-11(5)15/h3,5H,4H2,1-2H3,(H,14,15). The highest BCUT2D eigenvalue weighted by molar-refractivity contribution is 9.10. The minimum atomic E-state index is -0.179. The lowest BCUT2D eigenvalue weighted by Gasteiger charge is -2.13. The van der Waals surface area contributed by atoms with Crippen molar-refractivity contribution in [1.29, 1.82) is 0 Å². The fourth-order valence-electron chi connectivity index (χ4n) is 1.52. The fraction of sp³-hybridized carbons (Fsp3) is 0.364. The number of benzene rings is 1. The molecule has 0 spiro atoms. The molecule has 1 aliphatic rings. The lowest BCUT2D eigenvalue weighted by Crippen LogP contribution is -2.22. The molecular weight excluding hydrogens is 293 g/mol. The Kier molecular flexibility index (Phi) is 3.13. The van der Waals surface area contributed by atoms with E-state index >= 15 is 0 Å². The van der Waals surface area contributed by atoms with Crippen LogP contribution >= 0.6 is 27.5 Å². The van der Waals surface area contributed by atoms with E-state index in [2.05, 4.69) is 21.2 Å². The van der Waals surface area contributed by atoms with E-state index in [1.807, 2.05) is 13.8 Å². The monoisotopic (exact) mass is 303 g/mol. The van der Waals surface area contributed by atoms with Crippen LogP contribution in [0.2, 0.25) is 5.02 Å². The molecule has 0 aromatic heterocycles. The van der Waals surface area contributed by atoms with Gasteiger partial charge in [0.05, 0.1) is 23.2 Å². The molecule has 0 saturated carbocycles. The molecule has 86 valence electrons. The van der Waals surface area contributed by atoms with E-state index in [0.717, 1.165) is 10.0 Å². The van der Waals surface area contributed by atoms with Crippen molar-refractivity contribution >= 4 is 39.1 Å². The summed E-state index contributed by atoms with van der Waals surface area (Å²) in [6, 6.07) is 1.78. The van der Waals surface area contributed by atoms with E-state index in [1.165, 1.54) is 0 Å². The highest BCUT2D eigenvalue weighted by atomic mass is 79.9. The Bertz CT molecular complexity index is 462. The van der Waals surface area contributed by atoms with E-state index in [0.29, 0.717) is 23.1 Å². The van der Waals surface area contributed by atoms with Gasteiger partial charge in [0, 0.05) is 4.47 Å². The Balaban J connectivity index is 2.57. The van der Waals surface area contributed by atoms with Gasteiger partial charge in [0.25, 0.3) is 0 Å². The van der Waals surface area contributed by atoms with Gasteiger partial charge in [0.15, 0.2) is 5.75 Å². The summed E-state index contributed by atoms with van der Waals surface area (Å²) in [4.78, 5) is 11.7. The summed E-state index contributed by atoms with van der Waals surface area (Å²) < 4.78 is 6.42. The number of fused-ring (bicyclic) bond motifs is 1. The number of hydrogen-bond acceptors (Lipinski definition) is 2. The van der Waals surface area contributed by atoms with Gasteiger partial charge < -0.3 is 10.1 Å². The molecule has 1 aromatic rings. The van der Waals surface area contributed by atoms with E-state index in [4.69, 9.17) is 16.3 Å². The van der Waals surface area contributed by atoms with Crippen LogP contribution in [0.25, 0.3) is 0 Å². The summed E-state index contributed by atoms with van der Waals surface area (Å²) >= 11 is 9.48. The summed E-state index contributed by atoms with van der Waals surface area (Å²) in [5.74, 6) is 0.331. The number of hydrogen-bond donors (Lipinski definition) is 1. The molecule has 5 heteroatoms. The normalized spacial score (nSPS) is 19.5. The maximum absolute atomic E-state index is 11.7. The fourth-order valence-corrected chi connectivity index (χ4v) is 2.33. The zero-order valence-corrected chi connectivity index (χ0v) is 11.3. The zero-order valence-electron chi connectivity index (χ0n) is 8.93. The van der Waals surface area contributed by atoms with Gasteiger partial charge in [0.1, 0.15) is 0 Å². The number of halogens is 2. The Labute approximate surface area is 107 Å². The first-order chi connectivity index (χ1) is 7.50. The van der Waals surface area contributed by atoms with Gasteiger partial charge in [0.2, 0.25) is 5.91 Å². The zero-order chi connectivity index (χ0) is 11.9. The van der Waals surface area contributed by atoms with Crippen molar-refractivity contribution < 1.29 is 9.53 Å². The first kappa shape index (κ1) is 11.7. The van der Waals surface area contributed by atoms with Crippen molar-refractivity contribution in [3.8, 4) is 5.75 Å². The minimum absolute atomic E-state index is 0.0454. The Morgan fingerprint density at radius 3 is 3.00 bits per heavy atom. The second-order valence-electron chi connectivity index (χ2n) is 3.87. The number of rotatable bonds is 0. The van der Waals surface area contributed by atoms with Crippen LogP contribution in [0.5, 0.6) is 5.75 Å². The predicted octanol–water partition coefficient (Wildman–Crippen LogP) is 3.38.